The van der Waals surface area contributed by atoms with Crippen molar-refractivity contribution in [3.05, 3.63) is 45.1 Å². The first-order valence-corrected chi connectivity index (χ1v) is 19.6. The highest BCUT2D eigenvalue weighted by molar-refractivity contribution is 8.00. The molecule has 6 rings (SSSR count). The lowest BCUT2D eigenvalue weighted by molar-refractivity contribution is -0.945. The van der Waals surface area contributed by atoms with Gasteiger partial charge in [0.1, 0.15) is 17.9 Å². The highest BCUT2D eigenvalue weighted by atomic mass is 35.5. The molecule has 5 heterocycles. The van der Waals surface area contributed by atoms with Gasteiger partial charge in [-0.2, -0.15) is 0 Å². The van der Waals surface area contributed by atoms with E-state index in [-0.39, 0.29) is 62.6 Å². The number of carbonyl (C=O) groups is 6. The number of benzene rings is 1. The minimum absolute atomic E-state index is 0.0284. The van der Waals surface area contributed by atoms with Gasteiger partial charge in [-0.15, -0.1) is 23.1 Å². The summed E-state index contributed by atoms with van der Waals surface area (Å²) in [5, 5.41) is 52.5. The molecule has 1 amide bonds. The summed E-state index contributed by atoms with van der Waals surface area (Å²) in [7, 11) is 2.09. The molecule has 3 fully saturated rings. The molecule has 0 spiro atoms. The number of nitrogens with zero attached hydrogens (tertiary/aromatic N) is 4. The van der Waals surface area contributed by atoms with Crippen molar-refractivity contribution in [3.8, 4) is 11.5 Å². The molecular formula is C35H39ClN5O12S2+. The fraction of sp³-hybridized carbons (Fsp3) is 0.486. The number of anilines is 1. The zero-order valence-electron chi connectivity index (χ0n) is 29.6. The Hall–Kier alpha value is -4.72. The number of nitrogen functional groups attached to an aromatic ring is 1. The number of fused-ring (bicyclic) bond motifs is 3. The van der Waals surface area contributed by atoms with E-state index >= 15 is 0 Å². The van der Waals surface area contributed by atoms with Crippen molar-refractivity contribution >= 4 is 80.9 Å². The second kappa shape index (κ2) is 15.4. The van der Waals surface area contributed by atoms with Crippen molar-refractivity contribution in [2.75, 3.05) is 19.3 Å². The van der Waals surface area contributed by atoms with E-state index in [1.54, 1.807) is 0 Å². The van der Waals surface area contributed by atoms with Crippen molar-refractivity contribution < 1.29 is 63.6 Å². The van der Waals surface area contributed by atoms with Gasteiger partial charge >= 0.3 is 17.9 Å². The van der Waals surface area contributed by atoms with E-state index in [2.05, 4.69) is 17.2 Å². The second-order valence-electron chi connectivity index (χ2n) is 14.5. The Labute approximate surface area is 327 Å². The van der Waals surface area contributed by atoms with Gasteiger partial charge in [0, 0.05) is 60.3 Å². The fourth-order valence-electron chi connectivity index (χ4n) is 8.35. The molecule has 20 heteroatoms. The van der Waals surface area contributed by atoms with Crippen molar-refractivity contribution in [1.29, 1.82) is 0 Å². The number of carboxylic acids is 3. The van der Waals surface area contributed by atoms with Crippen LogP contribution in [0.4, 0.5) is 5.13 Å². The Bertz CT molecular complexity index is 2020. The molecule has 2 bridgehead atoms. The number of carbonyl (C=O) groups excluding carboxylic acids is 3. The van der Waals surface area contributed by atoms with Crippen LogP contribution in [0.2, 0.25) is 5.02 Å². The molecule has 55 heavy (non-hydrogen) atoms. The Morgan fingerprint density at radius 2 is 1.78 bits per heavy atom. The number of nitrogens with two attached hydrogens (primary N) is 1. The Morgan fingerprint density at radius 1 is 1.11 bits per heavy atom. The lowest BCUT2D eigenvalue weighted by atomic mass is 9.83. The Kier molecular flexibility index (Phi) is 11.2. The number of β-lactam (4-membered cyclic amide) rings is 1. The van der Waals surface area contributed by atoms with Crippen LogP contribution in [0.1, 0.15) is 67.9 Å². The summed E-state index contributed by atoms with van der Waals surface area (Å²) >= 11 is 8.48. The van der Waals surface area contributed by atoms with E-state index in [0.29, 0.717) is 29.4 Å². The Balaban J connectivity index is 1.18. The van der Waals surface area contributed by atoms with E-state index in [1.165, 1.54) is 34.2 Å². The third-order valence-electron chi connectivity index (χ3n) is 11.2. The average molecular weight is 821 g/mol. The largest absolute Gasteiger partial charge is 0.504 e. The van der Waals surface area contributed by atoms with Crippen LogP contribution in [0.5, 0.6) is 11.5 Å². The SMILES string of the molecule is C[C@@H]1S[C@@H]2[C@H](CC(=O)/C(=N\O[C@@H](CC(=O)O)C(=O)O)c3csc(N)n3)C(=O)N2C(C(=O)O)=C1C[N+]1(C)[C@@H]2CC[C@H]1CC(CC(=O)c1ccc(O)c(O)c1Cl)C2. The van der Waals surface area contributed by atoms with Gasteiger partial charge in [-0.25, -0.2) is 14.6 Å². The van der Waals surface area contributed by atoms with Gasteiger partial charge in [0.15, 0.2) is 33.9 Å². The fourth-order valence-corrected chi connectivity index (χ4v) is 10.7. The van der Waals surface area contributed by atoms with Crippen LogP contribution >= 0.6 is 34.7 Å². The van der Waals surface area contributed by atoms with Crippen molar-refractivity contribution in [2.45, 2.75) is 80.7 Å². The summed E-state index contributed by atoms with van der Waals surface area (Å²) in [5.74, 6) is -7.84. The van der Waals surface area contributed by atoms with Crippen LogP contribution in [0.3, 0.4) is 0 Å². The molecule has 1 aromatic carbocycles. The number of ketones is 2. The maximum absolute atomic E-state index is 13.7. The van der Waals surface area contributed by atoms with E-state index < -0.39 is 77.0 Å². The number of oxime groups is 1. The van der Waals surface area contributed by atoms with Crippen LogP contribution in [0, 0.1) is 11.8 Å². The highest BCUT2D eigenvalue weighted by Gasteiger charge is 2.58. The molecule has 4 aliphatic heterocycles. The number of amides is 1. The van der Waals surface area contributed by atoms with Gasteiger partial charge in [0.05, 0.1) is 41.9 Å². The van der Waals surface area contributed by atoms with Crippen molar-refractivity contribution in [1.82, 2.24) is 9.88 Å². The number of phenols is 2. The van der Waals surface area contributed by atoms with Gasteiger partial charge in [-0.05, 0) is 25.0 Å². The topological polar surface area (TPSA) is 267 Å². The maximum atomic E-state index is 13.7. The molecule has 8 atom stereocenters. The average Bonchev–Trinajstić information content (AvgIpc) is 3.58. The third kappa shape index (κ3) is 7.61. The first kappa shape index (κ1) is 40.0. The summed E-state index contributed by atoms with van der Waals surface area (Å²) in [6, 6.07) is 2.85. The van der Waals surface area contributed by atoms with Crippen LogP contribution in [0.25, 0.3) is 0 Å². The predicted molar refractivity (Wildman–Crippen MR) is 198 cm³/mol. The number of carboxylic acid groups (broad SMARTS) is 3. The molecule has 1 aromatic heterocycles. The van der Waals surface area contributed by atoms with Crippen LogP contribution in [-0.4, -0.2) is 123 Å². The zero-order valence-corrected chi connectivity index (χ0v) is 32.0. The number of thiazole rings is 1. The minimum atomic E-state index is -1.92. The number of likely N-dealkylation sites (N-methyl/N-ethyl adjacent to an activating group) is 1. The van der Waals surface area contributed by atoms with E-state index in [9.17, 15) is 49.2 Å². The smallest absolute Gasteiger partial charge is 0.352 e. The number of aromatic nitrogens is 1. The molecule has 7 N–H and O–H groups in total. The molecule has 0 radical (unpaired) electrons. The summed E-state index contributed by atoms with van der Waals surface area (Å²) in [4.78, 5) is 86.3. The number of halogens is 1. The van der Waals surface area contributed by atoms with Crippen LogP contribution < -0.4 is 5.73 Å². The van der Waals surface area contributed by atoms with E-state index in [1.807, 2.05) is 6.92 Å². The molecule has 3 saturated heterocycles. The maximum Gasteiger partial charge on any atom is 0.352 e. The summed E-state index contributed by atoms with van der Waals surface area (Å²) in [6.45, 7) is 2.23. The van der Waals surface area contributed by atoms with Gasteiger partial charge in [-0.3, -0.25) is 24.1 Å². The van der Waals surface area contributed by atoms with Gasteiger partial charge < -0.3 is 40.6 Å². The van der Waals surface area contributed by atoms with E-state index in [0.717, 1.165) is 24.2 Å². The number of phenolic OH excluding ortho intramolecular Hbond substituents is 2. The van der Waals surface area contributed by atoms with Crippen molar-refractivity contribution in [3.63, 3.8) is 0 Å². The lowest BCUT2D eigenvalue weighted by Crippen LogP contribution is -2.64. The van der Waals surface area contributed by atoms with E-state index in [4.69, 9.17) is 27.3 Å². The van der Waals surface area contributed by atoms with Gasteiger partial charge in [-0.1, -0.05) is 16.8 Å². The van der Waals surface area contributed by atoms with Crippen LogP contribution in [0.15, 0.2) is 33.9 Å². The third-order valence-corrected chi connectivity index (χ3v) is 13.7. The minimum Gasteiger partial charge on any atom is -0.504 e. The normalized spacial score (nSPS) is 27.9. The number of hydrogen-bond acceptors (Lipinski definition) is 14. The quantitative estimate of drug-likeness (QED) is 0.0376. The number of quaternary nitrogens is 1. The number of piperidine rings is 1. The lowest BCUT2D eigenvalue weighted by Gasteiger charge is -2.53. The molecule has 17 nitrogen and oxygen atoms in total. The molecule has 4 aliphatic rings. The summed E-state index contributed by atoms with van der Waals surface area (Å²) in [5.41, 5.74) is 5.83. The zero-order chi connectivity index (χ0) is 40.1. The number of aliphatic carboxylic acids is 3. The van der Waals surface area contributed by atoms with Gasteiger partial charge in [0.2, 0.25) is 12.0 Å². The molecule has 2 unspecified atom stereocenters. The Morgan fingerprint density at radius 3 is 2.36 bits per heavy atom. The first-order chi connectivity index (χ1) is 25.9. The predicted octanol–water partition coefficient (Wildman–Crippen LogP) is 3.32. The molecule has 0 aliphatic carbocycles. The summed E-state index contributed by atoms with van der Waals surface area (Å²) in [6.07, 6.45) is 0.0620. The molecule has 0 saturated carbocycles. The number of aromatic hydroxyl groups is 2. The number of Topliss-reactive ketones (excluding diaryl/α,β-unsaturated/α-hetero) is 2. The number of thioether (sulfide) groups is 1. The molecular weight excluding hydrogens is 782 g/mol. The highest BCUT2D eigenvalue weighted by Crippen LogP contribution is 2.51. The monoisotopic (exact) mass is 820 g/mol. The summed E-state index contributed by atoms with van der Waals surface area (Å²) < 4.78 is 0.548. The first-order valence-electron chi connectivity index (χ1n) is 17.4. The van der Waals surface area contributed by atoms with Gasteiger partial charge in [0.25, 0.3) is 0 Å². The van der Waals surface area contributed by atoms with Crippen molar-refractivity contribution in [2.24, 2.45) is 17.0 Å². The number of rotatable bonds is 15. The van der Waals surface area contributed by atoms with Crippen LogP contribution in [-0.2, 0) is 28.8 Å². The second-order valence-corrected chi connectivity index (χ2v) is 17.2. The standard InChI is InChI=1S/C35H38ClN5O12S2/c1-14-20(12-41(2)16-3-4-17(41)8-15(7-16)9-23(43)18-5-6-22(42)30(47)27(18)36)29(34(51)52)40-31(48)19(32(40)55-14)10-24(44)28(21-13-54-35(37)38-21)39-53-25(33(49)50)11-26(45)46/h5-6,13-17,19,25,32H,3-4,7-12H2,1-2H3,(H6-,37,38,39,42,43,44,45,46,47,49,50,51,52)/p+1/t14-,15?,16-,17+,19+,25-,32+,41?/m0/s1. The molecule has 294 valence electrons. The number of hydrogen-bond donors (Lipinski definition) is 6. The molecule has 2 aromatic rings.